The van der Waals surface area contributed by atoms with Crippen LogP contribution in [0.2, 0.25) is 0 Å². The Morgan fingerprint density at radius 2 is 1.09 bits per heavy atom. The van der Waals surface area contributed by atoms with Gasteiger partial charge in [-0.15, -0.1) is 0 Å². The van der Waals surface area contributed by atoms with Gasteiger partial charge < -0.3 is 9.42 Å². The maximum atomic E-state index is 11.2. The molecule has 0 saturated carbocycles. The molecule has 0 spiro atoms. The predicted molar refractivity (Wildman–Crippen MR) is 142 cm³/mol. The molecule has 1 aromatic carbocycles. The molecule has 6 heteroatoms. The zero-order valence-electron chi connectivity index (χ0n) is 19.9. The van der Waals surface area contributed by atoms with Crippen molar-refractivity contribution in [1.82, 2.24) is 0 Å². The Balaban J connectivity index is 1.73. The predicted octanol–water partition coefficient (Wildman–Crippen LogP) is 8.41. The first kappa shape index (κ1) is 30.0. The van der Waals surface area contributed by atoms with Crippen LogP contribution in [0.1, 0.15) is 108 Å². The van der Waals surface area contributed by atoms with Crippen LogP contribution in [0.3, 0.4) is 0 Å². The fraction of sp³-hybridized carbons (Fsp3) is 0.731. The van der Waals surface area contributed by atoms with Crippen molar-refractivity contribution in [2.75, 3.05) is 13.2 Å². The number of hydrogen-bond donors (Lipinski definition) is 0. The van der Waals surface area contributed by atoms with Gasteiger partial charge in [-0.25, -0.2) is 0 Å². The van der Waals surface area contributed by atoms with Crippen LogP contribution in [-0.2, 0) is 20.0 Å². The van der Waals surface area contributed by atoms with Crippen molar-refractivity contribution < 1.29 is 18.5 Å². The molecule has 1 unspecified atom stereocenters. The number of unbranched alkanes of at least 4 members (excludes halogenated alkanes) is 15. The van der Waals surface area contributed by atoms with Crippen molar-refractivity contribution in [3.63, 3.8) is 0 Å². The Hall–Kier alpha value is -0.0700. The van der Waals surface area contributed by atoms with Crippen LogP contribution in [0.25, 0.3) is 0 Å². The molecule has 0 bridgehead atoms. The van der Waals surface area contributed by atoms with E-state index in [1.165, 1.54) is 99.0 Å². The lowest BCUT2D eigenvalue weighted by Crippen LogP contribution is -2.08. The molecule has 184 valence electrons. The minimum atomic E-state index is -4.11. The third-order valence-electron chi connectivity index (χ3n) is 5.77. The summed E-state index contributed by atoms with van der Waals surface area (Å²) in [7, 11) is -4.11. The zero-order valence-corrected chi connectivity index (χ0v) is 23.0. The summed E-state index contributed by atoms with van der Waals surface area (Å²) in [5, 5.41) is 0. The Morgan fingerprint density at radius 1 is 0.688 bits per heavy atom. The van der Waals surface area contributed by atoms with Crippen LogP contribution in [0.4, 0.5) is 0 Å². The van der Waals surface area contributed by atoms with Gasteiger partial charge in [-0.2, -0.15) is 0 Å². The fourth-order valence-electron chi connectivity index (χ4n) is 3.88. The number of aryl methyl sites for hydroxylation is 1. The lowest BCUT2D eigenvalue weighted by Gasteiger charge is -2.20. The van der Waals surface area contributed by atoms with Gasteiger partial charge in [-0.1, -0.05) is 102 Å². The van der Waals surface area contributed by atoms with Crippen LogP contribution < -0.4 is 4.89 Å². The highest BCUT2D eigenvalue weighted by atomic mass is 127. The number of hydrogen-bond acceptors (Lipinski definition) is 4. The number of phosphoric ester groups is 1. The van der Waals surface area contributed by atoms with Crippen molar-refractivity contribution in [1.29, 1.82) is 0 Å². The lowest BCUT2D eigenvalue weighted by atomic mass is 10.0. The molecule has 32 heavy (non-hydrogen) atoms. The van der Waals surface area contributed by atoms with E-state index in [2.05, 4.69) is 58.3 Å². The maximum absolute atomic E-state index is 11.2. The molecule has 1 rings (SSSR count). The summed E-state index contributed by atoms with van der Waals surface area (Å²) in [4.78, 5) is 11.2. The Morgan fingerprint density at radius 3 is 1.53 bits per heavy atom. The summed E-state index contributed by atoms with van der Waals surface area (Å²) >= 11 is 2.36. The van der Waals surface area contributed by atoms with Gasteiger partial charge in [0, 0.05) is 3.57 Å². The van der Waals surface area contributed by atoms with E-state index in [4.69, 9.17) is 4.52 Å². The monoisotopic (exact) mass is 578 g/mol. The van der Waals surface area contributed by atoms with Crippen LogP contribution >= 0.6 is 30.4 Å². The molecule has 0 heterocycles. The molecule has 0 radical (unpaired) electrons. The first-order valence-corrected chi connectivity index (χ1v) is 15.2. The topological polar surface area (TPSA) is 58.6 Å². The number of benzene rings is 1. The minimum Gasteiger partial charge on any atom is -0.756 e. The van der Waals surface area contributed by atoms with E-state index in [9.17, 15) is 9.46 Å². The number of phosphoric acid groups is 1. The molecule has 0 fully saturated rings. The van der Waals surface area contributed by atoms with Crippen molar-refractivity contribution in [2.45, 2.75) is 109 Å². The second kappa shape index (κ2) is 20.3. The average Bonchev–Trinajstić information content (AvgIpc) is 2.76. The molecule has 0 aliphatic heterocycles. The number of halogens is 1. The van der Waals surface area contributed by atoms with Gasteiger partial charge in [0.15, 0.2) is 6.61 Å². The first-order chi connectivity index (χ1) is 15.5. The maximum Gasteiger partial charge on any atom is 0.271 e. The van der Waals surface area contributed by atoms with Gasteiger partial charge in [0.2, 0.25) is 0 Å². The first-order valence-electron chi connectivity index (χ1n) is 12.7. The van der Waals surface area contributed by atoms with Crippen LogP contribution in [0.5, 0.6) is 0 Å². The van der Waals surface area contributed by atoms with Crippen molar-refractivity contribution in [3.05, 3.63) is 40.3 Å². The molecular formula is C26H44IO4P. The van der Waals surface area contributed by atoms with Gasteiger partial charge in [0.05, 0.1) is 13.5 Å². The summed E-state index contributed by atoms with van der Waals surface area (Å²) in [5.41, 5.74) is 1.48. The van der Waals surface area contributed by atoms with Crippen LogP contribution in [0, 0.1) is 10.5 Å². The second-order valence-electron chi connectivity index (χ2n) is 8.65. The summed E-state index contributed by atoms with van der Waals surface area (Å²) in [6.45, 7) is 3.44. The van der Waals surface area contributed by atoms with E-state index in [0.717, 1.165) is 19.3 Å². The summed E-state index contributed by atoms with van der Waals surface area (Å²) < 4.78 is 21.7. The van der Waals surface area contributed by atoms with E-state index >= 15 is 0 Å². The van der Waals surface area contributed by atoms with Gasteiger partial charge >= 0.3 is 0 Å². The molecule has 0 aliphatic carbocycles. The van der Waals surface area contributed by atoms with Crippen molar-refractivity contribution in [3.8, 4) is 0 Å². The Bertz CT molecular complexity index is 594. The minimum absolute atomic E-state index is 0.115. The summed E-state index contributed by atoms with van der Waals surface area (Å²) in [6.07, 6.45) is 21.7. The molecule has 0 amide bonds. The lowest BCUT2D eigenvalue weighted by molar-refractivity contribution is -0.224. The molecule has 0 aliphatic rings. The SMILES string of the molecule is [CH2+]COP(=O)([O-])OCCCCCCCCCCCCCCCCCCc1ccc(I)cc1. The highest BCUT2D eigenvalue weighted by molar-refractivity contribution is 14.1. The molecule has 4 nitrogen and oxygen atoms in total. The van der Waals surface area contributed by atoms with E-state index in [-0.39, 0.29) is 13.2 Å². The van der Waals surface area contributed by atoms with E-state index in [0.29, 0.717) is 0 Å². The van der Waals surface area contributed by atoms with E-state index in [1.54, 1.807) is 0 Å². The molecule has 0 saturated heterocycles. The summed E-state index contributed by atoms with van der Waals surface area (Å²) in [6, 6.07) is 8.93. The third-order valence-corrected chi connectivity index (χ3v) is 7.49. The zero-order chi connectivity index (χ0) is 23.3. The highest BCUT2D eigenvalue weighted by Crippen LogP contribution is 2.37. The van der Waals surface area contributed by atoms with Crippen molar-refractivity contribution in [2.24, 2.45) is 0 Å². The highest BCUT2D eigenvalue weighted by Gasteiger charge is 2.08. The third kappa shape index (κ3) is 18.4. The van der Waals surface area contributed by atoms with E-state index < -0.39 is 7.82 Å². The van der Waals surface area contributed by atoms with Gasteiger partial charge in [-0.05, 0) is 59.5 Å². The second-order valence-corrected chi connectivity index (χ2v) is 11.3. The fourth-order valence-corrected chi connectivity index (χ4v) is 4.89. The largest absolute Gasteiger partial charge is 0.756 e. The molecular weight excluding hydrogens is 534 g/mol. The van der Waals surface area contributed by atoms with E-state index in [1.807, 2.05) is 0 Å². The van der Waals surface area contributed by atoms with Gasteiger partial charge in [0.25, 0.3) is 7.82 Å². The van der Waals surface area contributed by atoms with Crippen molar-refractivity contribution >= 4 is 30.4 Å². The quantitative estimate of drug-likeness (QED) is 0.0600. The molecule has 0 N–H and O–H groups in total. The number of rotatable bonds is 22. The molecule has 1 atom stereocenters. The normalized spacial score (nSPS) is 13.3. The van der Waals surface area contributed by atoms with Crippen LogP contribution in [0.15, 0.2) is 24.3 Å². The van der Waals surface area contributed by atoms with Gasteiger partial charge in [-0.3, -0.25) is 9.09 Å². The Kier molecular flexibility index (Phi) is 19.0. The molecule has 0 aromatic heterocycles. The Labute approximate surface area is 211 Å². The standard InChI is InChI=1S/C26H44IO4P/c1-2-30-32(28,29)31-24-18-16-14-12-10-8-6-4-3-5-7-9-11-13-15-17-19-25-20-22-26(27)23-21-25/h20-23H,1-19,24H2. The van der Waals surface area contributed by atoms with Crippen LogP contribution in [-0.4, -0.2) is 13.2 Å². The average molecular weight is 579 g/mol. The smallest absolute Gasteiger partial charge is 0.271 e. The van der Waals surface area contributed by atoms with Gasteiger partial charge in [0.1, 0.15) is 0 Å². The molecule has 1 aromatic rings. The summed E-state index contributed by atoms with van der Waals surface area (Å²) in [5.74, 6) is 0.